The van der Waals surface area contributed by atoms with Crippen LogP contribution >= 0.6 is 0 Å². The van der Waals surface area contributed by atoms with Crippen molar-refractivity contribution in [3.8, 4) is 0 Å². The zero-order valence-electron chi connectivity index (χ0n) is 16.8. The summed E-state index contributed by atoms with van der Waals surface area (Å²) < 4.78 is 13.1. The Morgan fingerprint density at radius 2 is 1.80 bits per heavy atom. The van der Waals surface area contributed by atoms with Gasteiger partial charge in [-0.3, -0.25) is 4.79 Å². The largest absolute Gasteiger partial charge is 0.384 e. The van der Waals surface area contributed by atoms with Gasteiger partial charge >= 0.3 is 0 Å². The first kappa shape index (κ1) is 18.9. The van der Waals surface area contributed by atoms with Crippen molar-refractivity contribution in [3.05, 3.63) is 101 Å². The molecule has 2 aliphatic rings. The SMILES string of the molecule is O=C(NCc1ccc(F)cc1)c1ccccc1C1CCC2(CNc3ccccc32)C1. The summed E-state index contributed by atoms with van der Waals surface area (Å²) in [5.41, 5.74) is 5.61. The van der Waals surface area contributed by atoms with Crippen LogP contribution in [0.2, 0.25) is 0 Å². The second-order valence-corrected chi connectivity index (χ2v) is 8.52. The van der Waals surface area contributed by atoms with Crippen LogP contribution in [0, 0.1) is 5.82 Å². The molecule has 3 aromatic carbocycles. The molecule has 1 spiro atoms. The van der Waals surface area contributed by atoms with Gasteiger partial charge in [-0.2, -0.15) is 0 Å². The molecule has 4 heteroatoms. The van der Waals surface area contributed by atoms with E-state index in [0.717, 1.165) is 42.5 Å². The van der Waals surface area contributed by atoms with Crippen LogP contribution < -0.4 is 10.6 Å². The Morgan fingerprint density at radius 3 is 2.67 bits per heavy atom. The van der Waals surface area contributed by atoms with Crippen LogP contribution in [0.4, 0.5) is 10.1 Å². The van der Waals surface area contributed by atoms with Gasteiger partial charge < -0.3 is 10.6 Å². The summed E-state index contributed by atoms with van der Waals surface area (Å²) in [4.78, 5) is 13.0. The highest BCUT2D eigenvalue weighted by Crippen LogP contribution is 2.53. The molecule has 1 amide bonds. The molecule has 2 N–H and O–H groups in total. The minimum Gasteiger partial charge on any atom is -0.384 e. The number of halogens is 1. The van der Waals surface area contributed by atoms with E-state index in [4.69, 9.17) is 0 Å². The number of hydrogen-bond donors (Lipinski definition) is 2. The third-order valence-corrected chi connectivity index (χ3v) is 6.74. The van der Waals surface area contributed by atoms with Gasteiger partial charge in [-0.05, 0) is 66.1 Å². The first-order valence-corrected chi connectivity index (χ1v) is 10.6. The van der Waals surface area contributed by atoms with Crippen LogP contribution in [-0.2, 0) is 12.0 Å². The number of rotatable bonds is 4. The molecule has 5 rings (SSSR count). The molecule has 1 heterocycles. The Balaban J connectivity index is 1.34. The molecule has 1 aliphatic carbocycles. The van der Waals surface area contributed by atoms with Crippen molar-refractivity contribution >= 4 is 11.6 Å². The molecule has 3 aromatic rings. The molecule has 1 saturated carbocycles. The molecule has 30 heavy (non-hydrogen) atoms. The van der Waals surface area contributed by atoms with Gasteiger partial charge in [0.1, 0.15) is 5.82 Å². The molecular formula is C26H25FN2O. The fourth-order valence-electron chi connectivity index (χ4n) is 5.20. The summed E-state index contributed by atoms with van der Waals surface area (Å²) >= 11 is 0. The van der Waals surface area contributed by atoms with Crippen LogP contribution in [0.15, 0.2) is 72.8 Å². The number of anilines is 1. The lowest BCUT2D eigenvalue weighted by Gasteiger charge is -2.24. The lowest BCUT2D eigenvalue weighted by molar-refractivity contribution is 0.0949. The maximum absolute atomic E-state index is 13.1. The van der Waals surface area contributed by atoms with Crippen LogP contribution in [-0.4, -0.2) is 12.5 Å². The molecule has 0 radical (unpaired) electrons. The zero-order valence-corrected chi connectivity index (χ0v) is 16.8. The summed E-state index contributed by atoms with van der Waals surface area (Å²) in [5, 5.41) is 6.58. The van der Waals surface area contributed by atoms with Crippen molar-refractivity contribution < 1.29 is 9.18 Å². The fourth-order valence-corrected chi connectivity index (χ4v) is 5.20. The number of amides is 1. The van der Waals surface area contributed by atoms with Crippen molar-refractivity contribution in [1.29, 1.82) is 0 Å². The number of fused-ring (bicyclic) bond motifs is 2. The molecule has 0 aromatic heterocycles. The van der Waals surface area contributed by atoms with E-state index in [1.54, 1.807) is 12.1 Å². The van der Waals surface area contributed by atoms with E-state index < -0.39 is 0 Å². The highest BCUT2D eigenvalue weighted by Gasteiger charge is 2.45. The Bertz CT molecular complexity index is 1080. The Hall–Kier alpha value is -3.14. The number of carbonyl (C=O) groups excluding carboxylic acids is 1. The van der Waals surface area contributed by atoms with Crippen molar-refractivity contribution in [1.82, 2.24) is 5.32 Å². The van der Waals surface area contributed by atoms with Gasteiger partial charge in [0.25, 0.3) is 5.91 Å². The van der Waals surface area contributed by atoms with Gasteiger partial charge in [-0.25, -0.2) is 4.39 Å². The number of carbonyl (C=O) groups is 1. The third kappa shape index (κ3) is 3.36. The maximum atomic E-state index is 13.1. The van der Waals surface area contributed by atoms with E-state index in [2.05, 4.69) is 41.0 Å². The normalized spacial score (nSPS) is 22.0. The molecule has 152 valence electrons. The first-order valence-electron chi connectivity index (χ1n) is 10.6. The van der Waals surface area contributed by atoms with E-state index in [0.29, 0.717) is 12.5 Å². The van der Waals surface area contributed by atoms with Crippen molar-refractivity contribution in [3.63, 3.8) is 0 Å². The minimum atomic E-state index is -0.270. The average Bonchev–Trinajstić information content (AvgIpc) is 3.38. The van der Waals surface area contributed by atoms with Crippen LogP contribution in [0.5, 0.6) is 0 Å². The number of nitrogens with one attached hydrogen (secondary N) is 2. The van der Waals surface area contributed by atoms with Crippen molar-refractivity contribution in [2.24, 2.45) is 0 Å². The van der Waals surface area contributed by atoms with Crippen LogP contribution in [0.25, 0.3) is 0 Å². The third-order valence-electron chi connectivity index (χ3n) is 6.74. The van der Waals surface area contributed by atoms with E-state index in [1.807, 2.05) is 18.2 Å². The Morgan fingerprint density at radius 1 is 1.03 bits per heavy atom. The van der Waals surface area contributed by atoms with Gasteiger partial charge in [0.05, 0.1) is 0 Å². The molecule has 1 aliphatic heterocycles. The standard InChI is InChI=1S/C26H25FN2O/c27-20-11-9-18(10-12-20)16-28-25(30)22-6-2-1-5-21(22)19-13-14-26(15-19)17-29-24-8-4-3-7-23(24)26/h1-12,19,29H,13-17H2,(H,28,30). The van der Waals surface area contributed by atoms with E-state index in [-0.39, 0.29) is 17.1 Å². The second kappa shape index (κ2) is 7.60. The maximum Gasteiger partial charge on any atom is 0.251 e. The molecule has 0 bridgehead atoms. The minimum absolute atomic E-state index is 0.0687. The molecular weight excluding hydrogens is 375 g/mol. The Kier molecular flexibility index (Phi) is 4.78. The van der Waals surface area contributed by atoms with Gasteiger partial charge in [-0.1, -0.05) is 48.5 Å². The smallest absolute Gasteiger partial charge is 0.251 e. The van der Waals surface area contributed by atoms with Crippen LogP contribution in [0.3, 0.4) is 0 Å². The molecule has 2 unspecified atom stereocenters. The molecule has 1 fully saturated rings. The number of benzene rings is 3. The second-order valence-electron chi connectivity index (χ2n) is 8.52. The molecule has 3 nitrogen and oxygen atoms in total. The summed E-state index contributed by atoms with van der Waals surface area (Å²) in [6, 6.07) is 22.8. The lowest BCUT2D eigenvalue weighted by atomic mass is 9.79. The predicted octanol–water partition coefficient (Wildman–Crippen LogP) is 5.39. The average molecular weight is 400 g/mol. The molecule has 2 atom stereocenters. The first-order chi connectivity index (χ1) is 14.6. The summed E-state index contributed by atoms with van der Waals surface area (Å²) in [6.45, 7) is 1.36. The van der Waals surface area contributed by atoms with Gasteiger partial charge in [0.2, 0.25) is 0 Å². The van der Waals surface area contributed by atoms with E-state index in [1.165, 1.54) is 23.4 Å². The van der Waals surface area contributed by atoms with Gasteiger partial charge in [0, 0.05) is 29.8 Å². The summed E-state index contributed by atoms with van der Waals surface area (Å²) in [6.07, 6.45) is 3.27. The highest BCUT2D eigenvalue weighted by atomic mass is 19.1. The fraction of sp³-hybridized carbons (Fsp3) is 0.269. The predicted molar refractivity (Wildman–Crippen MR) is 117 cm³/mol. The van der Waals surface area contributed by atoms with Crippen molar-refractivity contribution in [2.45, 2.75) is 37.1 Å². The van der Waals surface area contributed by atoms with Gasteiger partial charge in [0.15, 0.2) is 0 Å². The Labute approximate surface area is 176 Å². The monoisotopic (exact) mass is 400 g/mol. The highest BCUT2D eigenvalue weighted by molar-refractivity contribution is 5.95. The van der Waals surface area contributed by atoms with E-state index in [9.17, 15) is 9.18 Å². The van der Waals surface area contributed by atoms with E-state index >= 15 is 0 Å². The van der Waals surface area contributed by atoms with Gasteiger partial charge in [-0.15, -0.1) is 0 Å². The summed E-state index contributed by atoms with van der Waals surface area (Å²) in [7, 11) is 0. The number of hydrogen-bond acceptors (Lipinski definition) is 2. The zero-order chi connectivity index (χ0) is 20.6. The van der Waals surface area contributed by atoms with Crippen molar-refractivity contribution in [2.75, 3.05) is 11.9 Å². The lowest BCUT2D eigenvalue weighted by Crippen LogP contribution is -2.26. The summed E-state index contributed by atoms with van der Waals surface area (Å²) in [5.74, 6) is 0.0279. The quantitative estimate of drug-likeness (QED) is 0.617. The number of para-hydroxylation sites is 1. The topological polar surface area (TPSA) is 41.1 Å². The van der Waals surface area contributed by atoms with Crippen LogP contribution in [0.1, 0.15) is 52.2 Å². The molecule has 0 saturated heterocycles.